The van der Waals surface area contributed by atoms with Crippen molar-refractivity contribution in [1.82, 2.24) is 9.80 Å². The van der Waals surface area contributed by atoms with E-state index in [1.165, 1.54) is 12.1 Å². The molecular weight excluding hydrogens is 343 g/mol. The second kappa shape index (κ2) is 7.51. The highest BCUT2D eigenvalue weighted by atomic mass is 19.1. The molecule has 0 radical (unpaired) electrons. The summed E-state index contributed by atoms with van der Waals surface area (Å²) in [6.07, 6.45) is 3.67. The first-order valence-corrected chi connectivity index (χ1v) is 10.3. The van der Waals surface area contributed by atoms with Crippen LogP contribution in [0.5, 0.6) is 0 Å². The lowest BCUT2D eigenvalue weighted by molar-refractivity contribution is -0.141. The average molecular weight is 374 g/mol. The summed E-state index contributed by atoms with van der Waals surface area (Å²) in [6.45, 7) is 8.84. The summed E-state index contributed by atoms with van der Waals surface area (Å²) < 4.78 is 18.6. The molecule has 0 aliphatic carbocycles. The third-order valence-electron chi connectivity index (χ3n) is 6.62. The van der Waals surface area contributed by atoms with E-state index in [0.29, 0.717) is 17.9 Å². The smallest absolute Gasteiger partial charge is 0.229 e. The molecule has 3 fully saturated rings. The van der Waals surface area contributed by atoms with Gasteiger partial charge in [-0.1, -0.05) is 26.0 Å². The highest BCUT2D eigenvalue weighted by molar-refractivity contribution is 5.85. The van der Waals surface area contributed by atoms with Crippen LogP contribution in [0.15, 0.2) is 24.3 Å². The van der Waals surface area contributed by atoms with Crippen molar-refractivity contribution in [1.29, 1.82) is 0 Å². The van der Waals surface area contributed by atoms with Gasteiger partial charge in [0.05, 0.1) is 24.7 Å². The molecule has 3 aliphatic heterocycles. The summed E-state index contributed by atoms with van der Waals surface area (Å²) in [5.41, 5.74) is 0.921. The molecule has 1 aromatic rings. The number of carbonyl (C=O) groups is 1. The van der Waals surface area contributed by atoms with E-state index in [9.17, 15) is 9.18 Å². The Hall–Kier alpha value is -1.46. The molecule has 1 atom stereocenters. The van der Waals surface area contributed by atoms with Crippen LogP contribution < -0.4 is 0 Å². The van der Waals surface area contributed by atoms with E-state index >= 15 is 0 Å². The van der Waals surface area contributed by atoms with Gasteiger partial charge in [-0.3, -0.25) is 9.69 Å². The zero-order valence-electron chi connectivity index (χ0n) is 16.5. The molecule has 1 unspecified atom stereocenters. The molecule has 1 amide bonds. The Morgan fingerprint density at radius 3 is 2.41 bits per heavy atom. The van der Waals surface area contributed by atoms with E-state index in [1.807, 2.05) is 12.1 Å². The first kappa shape index (κ1) is 18.9. The number of nitrogens with zero attached hydrogens (tertiary/aromatic N) is 2. The second-order valence-electron chi connectivity index (χ2n) is 9.05. The Labute approximate surface area is 161 Å². The Bertz CT molecular complexity index is 663. The number of likely N-dealkylation sites (tertiary alicyclic amines) is 2. The van der Waals surface area contributed by atoms with Crippen molar-refractivity contribution in [3.63, 3.8) is 0 Å². The topological polar surface area (TPSA) is 32.8 Å². The van der Waals surface area contributed by atoms with Crippen LogP contribution in [0.2, 0.25) is 0 Å². The van der Waals surface area contributed by atoms with E-state index in [-0.39, 0.29) is 17.3 Å². The second-order valence-corrected chi connectivity index (χ2v) is 9.05. The van der Waals surface area contributed by atoms with Gasteiger partial charge in [0.2, 0.25) is 5.91 Å². The minimum Gasteiger partial charge on any atom is -0.378 e. The van der Waals surface area contributed by atoms with Crippen LogP contribution in [0.1, 0.15) is 38.7 Å². The summed E-state index contributed by atoms with van der Waals surface area (Å²) in [7, 11) is 0. The lowest BCUT2D eigenvalue weighted by Gasteiger charge is -2.44. The molecule has 1 spiro atoms. The van der Waals surface area contributed by atoms with Crippen LogP contribution in [0, 0.1) is 17.2 Å². The van der Waals surface area contributed by atoms with Crippen molar-refractivity contribution in [3.05, 3.63) is 35.6 Å². The molecule has 1 aromatic carbocycles. The van der Waals surface area contributed by atoms with Crippen LogP contribution in [0.4, 0.5) is 4.39 Å². The maximum atomic E-state index is 13.5. The van der Waals surface area contributed by atoms with Crippen LogP contribution in [-0.4, -0.2) is 60.6 Å². The molecule has 27 heavy (non-hydrogen) atoms. The van der Waals surface area contributed by atoms with Crippen LogP contribution in [0.25, 0.3) is 0 Å². The normalized spacial score (nSPS) is 26.1. The van der Waals surface area contributed by atoms with Crippen LogP contribution in [0.3, 0.4) is 0 Å². The summed E-state index contributed by atoms with van der Waals surface area (Å²) in [6, 6.07) is 7.54. The fourth-order valence-electron chi connectivity index (χ4n) is 4.99. The monoisotopic (exact) mass is 374 g/mol. The molecule has 4 nitrogen and oxygen atoms in total. The SMILES string of the molecule is CC(C)CN1C(=O)C2(CCN(C3COC3)CC2)CC1Cc1ccc(F)cc1. The van der Waals surface area contributed by atoms with Gasteiger partial charge in [0, 0.05) is 12.6 Å². The largest absolute Gasteiger partial charge is 0.378 e. The summed E-state index contributed by atoms with van der Waals surface area (Å²) in [5.74, 6) is 0.601. The van der Waals surface area contributed by atoms with Crippen molar-refractivity contribution in [2.75, 3.05) is 32.8 Å². The lowest BCUT2D eigenvalue weighted by atomic mass is 9.75. The van der Waals surface area contributed by atoms with Gasteiger partial charge in [-0.25, -0.2) is 4.39 Å². The van der Waals surface area contributed by atoms with Crippen molar-refractivity contribution >= 4 is 5.91 Å². The molecule has 148 valence electrons. The zero-order valence-corrected chi connectivity index (χ0v) is 16.5. The number of rotatable bonds is 5. The lowest BCUT2D eigenvalue weighted by Crippen LogP contribution is -2.54. The number of carbonyl (C=O) groups excluding carboxylic acids is 1. The third-order valence-corrected chi connectivity index (χ3v) is 6.62. The van der Waals surface area contributed by atoms with Gasteiger partial charge in [-0.05, 0) is 62.4 Å². The van der Waals surface area contributed by atoms with E-state index in [0.717, 1.165) is 64.1 Å². The van der Waals surface area contributed by atoms with Gasteiger partial charge >= 0.3 is 0 Å². The molecule has 0 N–H and O–H groups in total. The van der Waals surface area contributed by atoms with Crippen molar-refractivity contribution in [2.24, 2.45) is 11.3 Å². The van der Waals surface area contributed by atoms with E-state index < -0.39 is 0 Å². The number of hydrogen-bond donors (Lipinski definition) is 0. The predicted octanol–water partition coefficient (Wildman–Crippen LogP) is 3.11. The molecule has 4 rings (SSSR count). The third kappa shape index (κ3) is 3.77. The molecule has 0 saturated carbocycles. The minimum absolute atomic E-state index is 0.194. The number of ether oxygens (including phenoxy) is 1. The maximum Gasteiger partial charge on any atom is 0.229 e. The molecule has 3 heterocycles. The zero-order chi connectivity index (χ0) is 19.0. The Balaban J connectivity index is 1.48. The average Bonchev–Trinajstić information content (AvgIpc) is 2.83. The quantitative estimate of drug-likeness (QED) is 0.794. The van der Waals surface area contributed by atoms with Crippen molar-refractivity contribution in [2.45, 2.75) is 51.6 Å². The number of amides is 1. The van der Waals surface area contributed by atoms with Crippen molar-refractivity contribution in [3.8, 4) is 0 Å². The Morgan fingerprint density at radius 1 is 1.19 bits per heavy atom. The fraction of sp³-hybridized carbons (Fsp3) is 0.682. The summed E-state index contributed by atoms with van der Waals surface area (Å²) in [4.78, 5) is 18.1. The molecule has 3 aliphatic rings. The fourth-order valence-corrected chi connectivity index (χ4v) is 4.99. The minimum atomic E-state index is -0.205. The Kier molecular flexibility index (Phi) is 5.26. The highest BCUT2D eigenvalue weighted by Gasteiger charge is 2.52. The highest BCUT2D eigenvalue weighted by Crippen LogP contribution is 2.46. The molecule has 0 aromatic heterocycles. The van der Waals surface area contributed by atoms with Gasteiger partial charge in [0.1, 0.15) is 5.82 Å². The molecular formula is C22H31FN2O2. The van der Waals surface area contributed by atoms with Gasteiger partial charge in [-0.2, -0.15) is 0 Å². The summed E-state index contributed by atoms with van der Waals surface area (Å²) in [5, 5.41) is 0. The molecule has 3 saturated heterocycles. The number of halogens is 1. The van der Waals surface area contributed by atoms with E-state index in [2.05, 4.69) is 23.6 Å². The standard InChI is InChI=1S/C22H31FN2O2/c1-16(2)13-25-19(11-17-3-5-18(23)6-4-17)12-22(21(25)26)7-9-24(10-8-22)20-14-27-15-20/h3-6,16,19-20H,7-15H2,1-2H3. The first-order valence-electron chi connectivity index (χ1n) is 10.3. The van der Waals surface area contributed by atoms with Gasteiger partial charge in [0.25, 0.3) is 0 Å². The number of hydrogen-bond acceptors (Lipinski definition) is 3. The maximum absolute atomic E-state index is 13.5. The van der Waals surface area contributed by atoms with Crippen LogP contribution >= 0.6 is 0 Å². The predicted molar refractivity (Wildman–Crippen MR) is 103 cm³/mol. The van der Waals surface area contributed by atoms with Crippen LogP contribution in [-0.2, 0) is 16.0 Å². The first-order chi connectivity index (χ1) is 13.0. The number of piperidine rings is 1. The molecule has 5 heteroatoms. The number of benzene rings is 1. The van der Waals surface area contributed by atoms with Crippen molar-refractivity contribution < 1.29 is 13.9 Å². The summed E-state index contributed by atoms with van der Waals surface area (Å²) >= 11 is 0. The molecule has 0 bridgehead atoms. The Morgan fingerprint density at radius 2 is 1.85 bits per heavy atom. The van der Waals surface area contributed by atoms with E-state index in [4.69, 9.17) is 4.74 Å². The van der Waals surface area contributed by atoms with Gasteiger partial charge < -0.3 is 9.64 Å². The van der Waals surface area contributed by atoms with Gasteiger partial charge in [-0.15, -0.1) is 0 Å². The van der Waals surface area contributed by atoms with Gasteiger partial charge in [0.15, 0.2) is 0 Å². The van der Waals surface area contributed by atoms with E-state index in [1.54, 1.807) is 0 Å².